The number of rotatable bonds is 5. The van der Waals surface area contributed by atoms with Crippen molar-refractivity contribution in [1.29, 1.82) is 0 Å². The van der Waals surface area contributed by atoms with E-state index in [1.165, 1.54) is 0 Å². The number of allylic oxidation sites excluding steroid dienone is 1. The van der Waals surface area contributed by atoms with Gasteiger partial charge in [0.1, 0.15) is 17.5 Å². The SMILES string of the molecule is CCC1OC1C(=O)C1CCCC(C(=C=O)OC(C)(C)C)CCC1=O. The maximum absolute atomic E-state index is 12.5. The molecule has 1 saturated carbocycles. The first-order chi connectivity index (χ1) is 11.3. The summed E-state index contributed by atoms with van der Waals surface area (Å²) >= 11 is 0. The van der Waals surface area contributed by atoms with E-state index in [9.17, 15) is 14.4 Å². The lowest BCUT2D eigenvalue weighted by molar-refractivity contribution is -0.134. The third kappa shape index (κ3) is 4.78. The van der Waals surface area contributed by atoms with Gasteiger partial charge in [0.25, 0.3) is 0 Å². The first kappa shape index (κ1) is 18.9. The molecule has 134 valence electrons. The van der Waals surface area contributed by atoms with Gasteiger partial charge in [-0.2, -0.15) is 0 Å². The van der Waals surface area contributed by atoms with Crippen molar-refractivity contribution in [3.05, 3.63) is 5.76 Å². The Labute approximate surface area is 143 Å². The summed E-state index contributed by atoms with van der Waals surface area (Å²) in [6.45, 7) is 7.62. The largest absolute Gasteiger partial charge is 0.481 e. The minimum atomic E-state index is -0.542. The molecule has 1 aliphatic carbocycles. The van der Waals surface area contributed by atoms with Crippen LogP contribution in [0.1, 0.15) is 66.2 Å². The normalized spacial score (nSPS) is 30.8. The van der Waals surface area contributed by atoms with E-state index in [-0.39, 0.29) is 29.7 Å². The molecule has 0 aromatic carbocycles. The average molecular weight is 336 g/mol. The van der Waals surface area contributed by atoms with E-state index in [1.54, 1.807) is 0 Å². The van der Waals surface area contributed by atoms with E-state index < -0.39 is 11.5 Å². The number of Topliss-reactive ketones (excluding diaryl/α,β-unsaturated/α-hetero) is 2. The molecule has 0 bridgehead atoms. The van der Waals surface area contributed by atoms with Crippen molar-refractivity contribution in [2.75, 3.05) is 0 Å². The van der Waals surface area contributed by atoms with Crippen molar-refractivity contribution in [1.82, 2.24) is 0 Å². The third-order valence-electron chi connectivity index (χ3n) is 4.67. The number of hydrogen-bond acceptors (Lipinski definition) is 5. The molecule has 0 spiro atoms. The molecule has 0 aromatic heterocycles. The maximum atomic E-state index is 12.5. The molecule has 2 fully saturated rings. The van der Waals surface area contributed by atoms with Crippen LogP contribution in [0.25, 0.3) is 0 Å². The Hall–Kier alpha value is -1.45. The molecule has 0 radical (unpaired) electrons. The topological polar surface area (TPSA) is 73.0 Å². The molecule has 4 atom stereocenters. The monoisotopic (exact) mass is 336 g/mol. The molecule has 5 heteroatoms. The zero-order valence-electron chi connectivity index (χ0n) is 15.1. The molecule has 1 saturated heterocycles. The van der Waals surface area contributed by atoms with Crippen LogP contribution in [0.4, 0.5) is 0 Å². The number of carbonyl (C=O) groups is 2. The van der Waals surface area contributed by atoms with Crippen molar-refractivity contribution in [3.63, 3.8) is 0 Å². The molecule has 1 heterocycles. The molecule has 0 N–H and O–H groups in total. The highest BCUT2D eigenvalue weighted by Crippen LogP contribution is 2.34. The van der Waals surface area contributed by atoms with Crippen LogP contribution >= 0.6 is 0 Å². The van der Waals surface area contributed by atoms with Crippen LogP contribution in [-0.4, -0.2) is 35.3 Å². The smallest absolute Gasteiger partial charge is 0.183 e. The van der Waals surface area contributed by atoms with Crippen LogP contribution in [0, 0.1) is 11.8 Å². The number of hydrogen-bond donors (Lipinski definition) is 0. The van der Waals surface area contributed by atoms with Gasteiger partial charge in [0.05, 0.1) is 12.0 Å². The average Bonchev–Trinajstić information content (AvgIpc) is 3.28. The van der Waals surface area contributed by atoms with Crippen LogP contribution in [-0.2, 0) is 23.9 Å². The van der Waals surface area contributed by atoms with Crippen LogP contribution in [0.3, 0.4) is 0 Å². The third-order valence-corrected chi connectivity index (χ3v) is 4.67. The minimum Gasteiger partial charge on any atom is -0.481 e. The van der Waals surface area contributed by atoms with Gasteiger partial charge in [0.15, 0.2) is 17.5 Å². The predicted octanol–water partition coefficient (Wildman–Crippen LogP) is 3.03. The standard InChI is InChI=1S/C19H28O5/c1-5-15-18(23-15)17(22)13-8-6-7-12(9-10-14(13)21)16(11-20)24-19(2,3)4/h12-13,15,18H,5-10H2,1-4H3. The Bertz CT molecular complexity index is 538. The quantitative estimate of drug-likeness (QED) is 0.334. The van der Waals surface area contributed by atoms with Gasteiger partial charge >= 0.3 is 0 Å². The van der Waals surface area contributed by atoms with E-state index in [1.807, 2.05) is 33.6 Å². The van der Waals surface area contributed by atoms with Crippen molar-refractivity contribution >= 4 is 17.5 Å². The fourth-order valence-corrected chi connectivity index (χ4v) is 3.35. The van der Waals surface area contributed by atoms with E-state index in [0.29, 0.717) is 25.0 Å². The van der Waals surface area contributed by atoms with Gasteiger partial charge in [0, 0.05) is 12.3 Å². The van der Waals surface area contributed by atoms with Gasteiger partial charge in [-0.25, -0.2) is 4.79 Å². The van der Waals surface area contributed by atoms with Crippen LogP contribution in [0.5, 0.6) is 0 Å². The Morgan fingerprint density at radius 3 is 2.54 bits per heavy atom. The van der Waals surface area contributed by atoms with Crippen LogP contribution < -0.4 is 0 Å². The van der Waals surface area contributed by atoms with Gasteiger partial charge in [-0.3, -0.25) is 9.59 Å². The number of carbonyl (C=O) groups excluding carboxylic acids is 3. The summed E-state index contributed by atoms with van der Waals surface area (Å²) in [6.07, 6.45) is 3.23. The minimum absolute atomic E-state index is 0.00623. The maximum Gasteiger partial charge on any atom is 0.183 e. The molecular formula is C19H28O5. The van der Waals surface area contributed by atoms with Crippen molar-refractivity contribution in [2.45, 2.75) is 84.0 Å². The molecule has 24 heavy (non-hydrogen) atoms. The van der Waals surface area contributed by atoms with Crippen molar-refractivity contribution in [3.8, 4) is 0 Å². The molecule has 0 aromatic rings. The summed E-state index contributed by atoms with van der Waals surface area (Å²) < 4.78 is 11.1. The lowest BCUT2D eigenvalue weighted by Crippen LogP contribution is -2.31. The fraction of sp³-hybridized carbons (Fsp3) is 0.789. The van der Waals surface area contributed by atoms with Gasteiger partial charge in [-0.15, -0.1) is 0 Å². The van der Waals surface area contributed by atoms with Gasteiger partial charge < -0.3 is 9.47 Å². The summed E-state index contributed by atoms with van der Waals surface area (Å²) in [5, 5.41) is 0. The second-order valence-corrected chi connectivity index (χ2v) is 7.77. The van der Waals surface area contributed by atoms with Crippen LogP contribution in [0.15, 0.2) is 5.76 Å². The molecule has 5 nitrogen and oxygen atoms in total. The summed E-state index contributed by atoms with van der Waals surface area (Å²) in [5.41, 5.74) is -0.462. The molecule has 0 amide bonds. The van der Waals surface area contributed by atoms with Gasteiger partial charge in [-0.1, -0.05) is 13.3 Å². The Balaban J connectivity index is 1.97. The lowest BCUT2D eigenvalue weighted by Gasteiger charge is -2.28. The number of ketones is 2. The summed E-state index contributed by atoms with van der Waals surface area (Å²) in [4.78, 5) is 36.1. The Morgan fingerprint density at radius 2 is 2.00 bits per heavy atom. The Morgan fingerprint density at radius 1 is 1.29 bits per heavy atom. The molecular weight excluding hydrogens is 308 g/mol. The van der Waals surface area contributed by atoms with E-state index >= 15 is 0 Å². The summed E-state index contributed by atoms with van der Waals surface area (Å²) in [5.74, 6) is 1.49. The second kappa shape index (κ2) is 7.62. The van der Waals surface area contributed by atoms with E-state index in [0.717, 1.165) is 19.3 Å². The Kier molecular flexibility index (Phi) is 6.00. The number of epoxide rings is 1. The van der Waals surface area contributed by atoms with Gasteiger partial charge in [-0.05, 0) is 46.5 Å². The highest BCUT2D eigenvalue weighted by Gasteiger charge is 2.47. The van der Waals surface area contributed by atoms with Crippen molar-refractivity contribution in [2.24, 2.45) is 11.8 Å². The van der Waals surface area contributed by atoms with Crippen LogP contribution in [0.2, 0.25) is 0 Å². The summed E-state index contributed by atoms with van der Waals surface area (Å²) in [6, 6.07) is 0. The molecule has 1 aliphatic heterocycles. The highest BCUT2D eigenvalue weighted by molar-refractivity contribution is 6.05. The number of ether oxygens (including phenoxy) is 2. The zero-order chi connectivity index (χ0) is 17.9. The second-order valence-electron chi connectivity index (χ2n) is 7.77. The zero-order valence-corrected chi connectivity index (χ0v) is 15.1. The first-order valence-electron chi connectivity index (χ1n) is 8.92. The lowest BCUT2D eigenvalue weighted by atomic mass is 9.81. The summed E-state index contributed by atoms with van der Waals surface area (Å²) in [7, 11) is 0. The van der Waals surface area contributed by atoms with E-state index in [2.05, 4.69) is 0 Å². The first-order valence-corrected chi connectivity index (χ1v) is 8.92. The fourth-order valence-electron chi connectivity index (χ4n) is 3.35. The van der Waals surface area contributed by atoms with Crippen molar-refractivity contribution < 1.29 is 23.9 Å². The molecule has 2 rings (SSSR count). The molecule has 4 unspecified atom stereocenters. The van der Waals surface area contributed by atoms with Gasteiger partial charge in [0.2, 0.25) is 0 Å². The predicted molar refractivity (Wildman–Crippen MR) is 89.1 cm³/mol. The highest BCUT2D eigenvalue weighted by atomic mass is 16.6. The molecule has 2 aliphatic rings. The van der Waals surface area contributed by atoms with E-state index in [4.69, 9.17) is 9.47 Å².